The van der Waals surface area contributed by atoms with Crippen LogP contribution in [0.1, 0.15) is 39.5 Å². The second-order valence-corrected chi connectivity index (χ2v) is 6.50. The molecule has 0 aliphatic carbocycles. The maximum Gasteiger partial charge on any atom is 0.0945 e. The van der Waals surface area contributed by atoms with E-state index in [1.54, 1.807) is 0 Å². The maximum atomic E-state index is 9.87. The summed E-state index contributed by atoms with van der Waals surface area (Å²) in [6.45, 7) is 7.23. The number of unbranched alkanes of at least 4 members (excludes halogenated alkanes) is 2. The predicted octanol–water partition coefficient (Wildman–Crippen LogP) is 2.87. The zero-order valence-corrected chi connectivity index (χ0v) is 16.2. The molecule has 6 nitrogen and oxygen atoms in total. The molecule has 2 unspecified atom stereocenters. The van der Waals surface area contributed by atoms with Crippen LogP contribution < -0.4 is 10.6 Å². The fourth-order valence-electron chi connectivity index (χ4n) is 2.23. The molecular weight excluding hydrogens is 332 g/mol. The third kappa shape index (κ3) is 11.3. The third-order valence-corrected chi connectivity index (χ3v) is 3.87. The summed E-state index contributed by atoms with van der Waals surface area (Å²) in [5.74, 6) is 0. The second kappa shape index (κ2) is 14.8. The van der Waals surface area contributed by atoms with Crippen LogP contribution >= 0.6 is 0 Å². The van der Waals surface area contributed by atoms with Crippen molar-refractivity contribution in [2.45, 2.75) is 51.7 Å². The SMILES string of the molecule is CCCCOCC(O)CNc1ccc(NCC(O)COCCCC)cc1. The van der Waals surface area contributed by atoms with Gasteiger partial charge in [-0.05, 0) is 37.1 Å². The van der Waals surface area contributed by atoms with E-state index >= 15 is 0 Å². The van der Waals surface area contributed by atoms with Crippen molar-refractivity contribution in [3.05, 3.63) is 24.3 Å². The Hall–Kier alpha value is -1.34. The highest BCUT2D eigenvalue weighted by Gasteiger charge is 2.06. The first-order valence-corrected chi connectivity index (χ1v) is 9.75. The molecule has 1 rings (SSSR count). The Morgan fingerprint density at radius 2 is 1.15 bits per heavy atom. The molecule has 0 fully saturated rings. The summed E-state index contributed by atoms with van der Waals surface area (Å²) < 4.78 is 10.8. The minimum Gasteiger partial charge on any atom is -0.389 e. The lowest BCUT2D eigenvalue weighted by Crippen LogP contribution is -2.25. The summed E-state index contributed by atoms with van der Waals surface area (Å²) in [5, 5.41) is 26.1. The number of benzene rings is 1. The Kier molecular flexibility index (Phi) is 12.9. The summed E-state index contributed by atoms with van der Waals surface area (Å²) in [7, 11) is 0. The van der Waals surface area contributed by atoms with E-state index < -0.39 is 12.2 Å². The van der Waals surface area contributed by atoms with E-state index in [9.17, 15) is 10.2 Å². The second-order valence-electron chi connectivity index (χ2n) is 6.50. The van der Waals surface area contributed by atoms with Crippen LogP contribution in [0.2, 0.25) is 0 Å². The lowest BCUT2D eigenvalue weighted by Gasteiger charge is -2.15. The molecule has 6 heteroatoms. The molecule has 150 valence electrons. The van der Waals surface area contributed by atoms with Gasteiger partial charge in [0, 0.05) is 37.7 Å². The molecule has 0 aromatic heterocycles. The lowest BCUT2D eigenvalue weighted by molar-refractivity contribution is 0.0421. The number of rotatable bonds is 16. The summed E-state index contributed by atoms with van der Waals surface area (Å²) in [6.07, 6.45) is 3.19. The molecule has 0 aliphatic heterocycles. The third-order valence-electron chi connectivity index (χ3n) is 3.87. The lowest BCUT2D eigenvalue weighted by atomic mass is 10.2. The maximum absolute atomic E-state index is 9.87. The number of hydrogen-bond donors (Lipinski definition) is 4. The van der Waals surface area contributed by atoms with Crippen LogP contribution in [0.4, 0.5) is 11.4 Å². The van der Waals surface area contributed by atoms with Gasteiger partial charge in [0.05, 0.1) is 25.4 Å². The van der Waals surface area contributed by atoms with E-state index in [4.69, 9.17) is 9.47 Å². The molecule has 0 saturated heterocycles. The van der Waals surface area contributed by atoms with Gasteiger partial charge in [-0.2, -0.15) is 0 Å². The normalized spacial score (nSPS) is 13.4. The number of ether oxygens (including phenoxy) is 2. The summed E-state index contributed by atoms with van der Waals surface area (Å²) in [5.41, 5.74) is 1.87. The van der Waals surface area contributed by atoms with Gasteiger partial charge in [-0.25, -0.2) is 0 Å². The van der Waals surface area contributed by atoms with Crippen molar-refractivity contribution in [3.8, 4) is 0 Å². The molecule has 0 aliphatic rings. The van der Waals surface area contributed by atoms with Crippen LogP contribution in [0.25, 0.3) is 0 Å². The molecule has 1 aromatic rings. The van der Waals surface area contributed by atoms with Crippen molar-refractivity contribution in [1.82, 2.24) is 0 Å². The minimum absolute atomic E-state index is 0.352. The Morgan fingerprint density at radius 3 is 1.50 bits per heavy atom. The topological polar surface area (TPSA) is 83.0 Å². The number of nitrogens with one attached hydrogen (secondary N) is 2. The van der Waals surface area contributed by atoms with Crippen LogP contribution in [-0.4, -0.2) is 61.9 Å². The fraction of sp³-hybridized carbons (Fsp3) is 0.700. The molecule has 0 heterocycles. The zero-order valence-electron chi connectivity index (χ0n) is 16.2. The van der Waals surface area contributed by atoms with Crippen molar-refractivity contribution in [2.24, 2.45) is 0 Å². The number of aliphatic hydroxyl groups is 2. The standard InChI is InChI=1S/C20H36N2O4/c1-3-5-11-25-15-19(23)13-21-17-7-9-18(10-8-17)22-14-20(24)16-26-12-6-4-2/h7-10,19-24H,3-6,11-16H2,1-2H3. The van der Waals surface area contributed by atoms with Crippen LogP contribution in [0.3, 0.4) is 0 Å². The van der Waals surface area contributed by atoms with Crippen LogP contribution in [0.15, 0.2) is 24.3 Å². The molecule has 0 amide bonds. The van der Waals surface area contributed by atoms with E-state index in [1.807, 2.05) is 24.3 Å². The quantitative estimate of drug-likeness (QED) is 0.336. The van der Waals surface area contributed by atoms with Crippen LogP contribution in [-0.2, 0) is 9.47 Å². The van der Waals surface area contributed by atoms with Gasteiger partial charge < -0.3 is 30.3 Å². The van der Waals surface area contributed by atoms with Crippen LogP contribution in [0.5, 0.6) is 0 Å². The molecule has 26 heavy (non-hydrogen) atoms. The van der Waals surface area contributed by atoms with E-state index in [2.05, 4.69) is 24.5 Å². The molecule has 0 saturated carbocycles. The largest absolute Gasteiger partial charge is 0.389 e. The van der Waals surface area contributed by atoms with Crippen molar-refractivity contribution in [2.75, 3.05) is 50.2 Å². The molecule has 2 atom stereocenters. The highest BCUT2D eigenvalue weighted by Crippen LogP contribution is 2.13. The van der Waals surface area contributed by atoms with Crippen LogP contribution in [0, 0.1) is 0 Å². The van der Waals surface area contributed by atoms with E-state index in [0.29, 0.717) is 39.5 Å². The fourth-order valence-corrected chi connectivity index (χ4v) is 2.23. The first kappa shape index (κ1) is 22.7. The van der Waals surface area contributed by atoms with Gasteiger partial charge in [0.25, 0.3) is 0 Å². The van der Waals surface area contributed by atoms with Gasteiger partial charge in [-0.15, -0.1) is 0 Å². The highest BCUT2D eigenvalue weighted by atomic mass is 16.5. The first-order chi connectivity index (χ1) is 12.7. The average Bonchev–Trinajstić information content (AvgIpc) is 2.66. The van der Waals surface area contributed by atoms with Crippen molar-refractivity contribution < 1.29 is 19.7 Å². The Balaban J connectivity index is 2.18. The van der Waals surface area contributed by atoms with Gasteiger partial charge in [0.2, 0.25) is 0 Å². The Bertz CT molecular complexity index is 401. The zero-order chi connectivity index (χ0) is 19.0. The van der Waals surface area contributed by atoms with E-state index in [1.165, 1.54) is 0 Å². The summed E-state index contributed by atoms with van der Waals surface area (Å²) in [6, 6.07) is 7.77. The van der Waals surface area contributed by atoms with Crippen molar-refractivity contribution in [3.63, 3.8) is 0 Å². The first-order valence-electron chi connectivity index (χ1n) is 9.75. The molecule has 4 N–H and O–H groups in total. The minimum atomic E-state index is -0.521. The van der Waals surface area contributed by atoms with Crippen molar-refractivity contribution in [1.29, 1.82) is 0 Å². The Labute approximate surface area is 157 Å². The highest BCUT2D eigenvalue weighted by molar-refractivity contribution is 5.53. The molecule has 1 aromatic carbocycles. The molecule has 0 radical (unpaired) electrons. The van der Waals surface area contributed by atoms with Gasteiger partial charge in [-0.1, -0.05) is 26.7 Å². The average molecular weight is 369 g/mol. The van der Waals surface area contributed by atoms with Gasteiger partial charge in [0.1, 0.15) is 0 Å². The summed E-state index contributed by atoms with van der Waals surface area (Å²) in [4.78, 5) is 0. The molecule has 0 spiro atoms. The van der Waals surface area contributed by atoms with Crippen molar-refractivity contribution >= 4 is 11.4 Å². The molecular formula is C20H36N2O4. The monoisotopic (exact) mass is 368 g/mol. The predicted molar refractivity (Wildman–Crippen MR) is 107 cm³/mol. The van der Waals surface area contributed by atoms with Gasteiger partial charge >= 0.3 is 0 Å². The van der Waals surface area contributed by atoms with Gasteiger partial charge in [-0.3, -0.25) is 0 Å². The Morgan fingerprint density at radius 1 is 0.769 bits per heavy atom. The van der Waals surface area contributed by atoms with Gasteiger partial charge in [0.15, 0.2) is 0 Å². The smallest absolute Gasteiger partial charge is 0.0945 e. The molecule has 0 bridgehead atoms. The van der Waals surface area contributed by atoms with E-state index in [0.717, 1.165) is 37.1 Å². The number of anilines is 2. The van der Waals surface area contributed by atoms with E-state index in [-0.39, 0.29) is 0 Å². The number of aliphatic hydroxyl groups excluding tert-OH is 2. The summed E-state index contributed by atoms with van der Waals surface area (Å²) >= 11 is 0. The number of hydrogen-bond acceptors (Lipinski definition) is 6.